The Morgan fingerprint density at radius 2 is 1.78 bits per heavy atom. The fourth-order valence-electron chi connectivity index (χ4n) is 2.81. The van der Waals surface area contributed by atoms with Crippen molar-refractivity contribution in [3.8, 4) is 5.69 Å². The predicted octanol–water partition coefficient (Wildman–Crippen LogP) is 3.25. The van der Waals surface area contributed by atoms with E-state index in [0.29, 0.717) is 21.9 Å². The average molecular weight is 325 g/mol. The molecule has 4 rings (SSSR count). The van der Waals surface area contributed by atoms with Crippen LogP contribution < -0.4 is 5.56 Å². The number of nitrogens with zero attached hydrogens (tertiary/aromatic N) is 4. The minimum atomic E-state index is -0.120. The number of aryl methyl sites for hydroxylation is 1. The average Bonchev–Trinajstić information content (AvgIpc) is 3.00. The monoisotopic (exact) mass is 324 g/mol. The second-order valence-electron chi connectivity index (χ2n) is 5.24. The maximum absolute atomic E-state index is 13.0. The Morgan fingerprint density at radius 1 is 1.04 bits per heavy atom. The summed E-state index contributed by atoms with van der Waals surface area (Å²) in [6.45, 7) is 2.02. The van der Waals surface area contributed by atoms with Crippen molar-refractivity contribution in [1.82, 2.24) is 19.2 Å². The van der Waals surface area contributed by atoms with Gasteiger partial charge in [0.25, 0.3) is 5.56 Å². The van der Waals surface area contributed by atoms with E-state index in [9.17, 15) is 4.79 Å². The lowest BCUT2D eigenvalue weighted by atomic mass is 10.2. The van der Waals surface area contributed by atoms with Crippen molar-refractivity contribution in [1.29, 1.82) is 0 Å². The fourth-order valence-corrected chi connectivity index (χ4v) is 2.94. The van der Waals surface area contributed by atoms with E-state index in [0.717, 1.165) is 17.8 Å². The normalized spacial score (nSPS) is 11.4. The van der Waals surface area contributed by atoms with E-state index in [1.165, 1.54) is 0 Å². The summed E-state index contributed by atoms with van der Waals surface area (Å²) in [4.78, 5) is 13.0. The van der Waals surface area contributed by atoms with E-state index in [2.05, 4.69) is 10.2 Å². The Morgan fingerprint density at radius 3 is 2.52 bits per heavy atom. The van der Waals surface area contributed by atoms with Gasteiger partial charge in [0.15, 0.2) is 0 Å². The van der Waals surface area contributed by atoms with Gasteiger partial charge in [-0.15, -0.1) is 10.2 Å². The first-order chi connectivity index (χ1) is 11.2. The van der Waals surface area contributed by atoms with Gasteiger partial charge in [-0.1, -0.05) is 30.7 Å². The molecule has 0 aliphatic heterocycles. The molecule has 0 bridgehead atoms. The quantitative estimate of drug-likeness (QED) is 0.569. The Hall–Kier alpha value is -2.66. The summed E-state index contributed by atoms with van der Waals surface area (Å²) >= 11 is 5.96. The topological polar surface area (TPSA) is 52.2 Å². The molecule has 0 saturated heterocycles. The molecule has 0 saturated carbocycles. The van der Waals surface area contributed by atoms with Crippen LogP contribution in [0.3, 0.4) is 0 Å². The second kappa shape index (κ2) is 5.21. The Kier molecular flexibility index (Phi) is 3.16. The molecule has 2 aromatic heterocycles. The molecule has 0 radical (unpaired) electrons. The minimum Gasteiger partial charge on any atom is -0.268 e. The zero-order valence-corrected chi connectivity index (χ0v) is 13.2. The number of aromatic nitrogens is 4. The zero-order valence-electron chi connectivity index (χ0n) is 12.4. The molecule has 0 atom stereocenters. The predicted molar refractivity (Wildman–Crippen MR) is 90.5 cm³/mol. The Bertz CT molecular complexity index is 1080. The third-order valence-electron chi connectivity index (χ3n) is 3.89. The molecule has 2 aromatic carbocycles. The van der Waals surface area contributed by atoms with Gasteiger partial charge in [-0.2, -0.15) is 0 Å². The Balaban J connectivity index is 2.22. The highest BCUT2D eigenvalue weighted by Crippen LogP contribution is 2.19. The molecule has 0 N–H and O–H groups in total. The highest BCUT2D eigenvalue weighted by Gasteiger charge is 2.16. The summed E-state index contributed by atoms with van der Waals surface area (Å²) in [5.74, 6) is 1.33. The summed E-state index contributed by atoms with van der Waals surface area (Å²) in [6, 6.07) is 14.6. The van der Waals surface area contributed by atoms with E-state index in [4.69, 9.17) is 11.6 Å². The van der Waals surface area contributed by atoms with Gasteiger partial charge in [-0.05, 0) is 36.4 Å². The fraction of sp³-hybridized carbons (Fsp3) is 0.118. The number of hydrogen-bond acceptors (Lipinski definition) is 3. The molecule has 0 spiro atoms. The van der Waals surface area contributed by atoms with Crippen LogP contribution in [-0.2, 0) is 6.42 Å². The molecular formula is C17H13ClN4O. The van der Waals surface area contributed by atoms with E-state index >= 15 is 0 Å². The maximum Gasteiger partial charge on any atom is 0.267 e. The van der Waals surface area contributed by atoms with E-state index in [1.54, 1.807) is 28.8 Å². The number of rotatable bonds is 2. The van der Waals surface area contributed by atoms with Crippen molar-refractivity contribution >= 4 is 28.3 Å². The van der Waals surface area contributed by atoms with Gasteiger partial charge in [0.2, 0.25) is 5.78 Å². The number of fused-ring (bicyclic) bond motifs is 3. The smallest absolute Gasteiger partial charge is 0.267 e. The van der Waals surface area contributed by atoms with Gasteiger partial charge in [-0.25, -0.2) is 4.57 Å². The van der Waals surface area contributed by atoms with Crippen LogP contribution in [0.4, 0.5) is 0 Å². The standard InChI is InChI=1S/C17H13ClN4O/c1-2-15-19-20-17-21(12-9-7-11(18)8-10-12)16(23)13-5-3-4-6-14(13)22(15)17/h3-10H,2H2,1H3. The molecular weight excluding hydrogens is 312 g/mol. The van der Waals surface area contributed by atoms with Gasteiger partial charge >= 0.3 is 0 Å². The van der Waals surface area contributed by atoms with Crippen LogP contribution in [0.5, 0.6) is 0 Å². The number of halogens is 1. The Labute approximate surface area is 136 Å². The lowest BCUT2D eigenvalue weighted by Gasteiger charge is -2.11. The molecule has 5 nitrogen and oxygen atoms in total. The van der Waals surface area contributed by atoms with E-state index in [1.807, 2.05) is 35.6 Å². The van der Waals surface area contributed by atoms with Crippen molar-refractivity contribution in [2.45, 2.75) is 13.3 Å². The highest BCUT2D eigenvalue weighted by atomic mass is 35.5. The van der Waals surface area contributed by atoms with Crippen molar-refractivity contribution in [2.75, 3.05) is 0 Å². The summed E-state index contributed by atoms with van der Waals surface area (Å²) < 4.78 is 3.51. The summed E-state index contributed by atoms with van der Waals surface area (Å²) in [6.07, 6.45) is 0.726. The molecule has 0 amide bonds. The molecule has 0 fully saturated rings. The lowest BCUT2D eigenvalue weighted by molar-refractivity contribution is 0.917. The SMILES string of the molecule is CCc1nnc2n(-c3ccc(Cl)cc3)c(=O)c3ccccc3n12. The van der Waals surface area contributed by atoms with Crippen LogP contribution in [0.15, 0.2) is 53.3 Å². The van der Waals surface area contributed by atoms with Crippen LogP contribution in [0, 0.1) is 0 Å². The first-order valence-corrected chi connectivity index (χ1v) is 7.72. The van der Waals surface area contributed by atoms with Crippen molar-refractivity contribution in [2.24, 2.45) is 0 Å². The van der Waals surface area contributed by atoms with Gasteiger partial charge in [0.1, 0.15) is 5.82 Å². The third kappa shape index (κ3) is 2.04. The molecule has 0 unspecified atom stereocenters. The number of hydrogen-bond donors (Lipinski definition) is 0. The molecule has 2 heterocycles. The largest absolute Gasteiger partial charge is 0.268 e. The molecule has 0 aliphatic rings. The number of benzene rings is 2. The number of para-hydroxylation sites is 1. The minimum absolute atomic E-state index is 0.120. The van der Waals surface area contributed by atoms with Crippen molar-refractivity contribution < 1.29 is 0 Å². The van der Waals surface area contributed by atoms with Crippen molar-refractivity contribution in [3.05, 3.63) is 69.7 Å². The second-order valence-corrected chi connectivity index (χ2v) is 5.68. The van der Waals surface area contributed by atoms with Crippen molar-refractivity contribution in [3.63, 3.8) is 0 Å². The van der Waals surface area contributed by atoms with Gasteiger partial charge < -0.3 is 0 Å². The molecule has 4 aromatic rings. The van der Waals surface area contributed by atoms with Gasteiger partial charge in [0.05, 0.1) is 16.6 Å². The summed E-state index contributed by atoms with van der Waals surface area (Å²) in [5.41, 5.74) is 1.41. The van der Waals surface area contributed by atoms with Gasteiger partial charge in [0, 0.05) is 11.4 Å². The van der Waals surface area contributed by atoms with Crippen LogP contribution in [0.25, 0.3) is 22.4 Å². The van der Waals surface area contributed by atoms with E-state index < -0.39 is 0 Å². The zero-order chi connectivity index (χ0) is 16.0. The summed E-state index contributed by atoms with van der Waals surface area (Å²) in [5, 5.41) is 9.73. The lowest BCUT2D eigenvalue weighted by Crippen LogP contribution is -2.22. The molecule has 23 heavy (non-hydrogen) atoms. The van der Waals surface area contributed by atoms with Gasteiger partial charge in [-0.3, -0.25) is 9.20 Å². The molecule has 6 heteroatoms. The van der Waals surface area contributed by atoms with Crippen LogP contribution in [-0.4, -0.2) is 19.2 Å². The van der Waals surface area contributed by atoms with Crippen LogP contribution in [0.2, 0.25) is 5.02 Å². The molecule has 0 aliphatic carbocycles. The van der Waals surface area contributed by atoms with Crippen LogP contribution >= 0.6 is 11.6 Å². The third-order valence-corrected chi connectivity index (χ3v) is 4.14. The first kappa shape index (κ1) is 14.0. The molecule has 114 valence electrons. The first-order valence-electron chi connectivity index (χ1n) is 7.34. The summed E-state index contributed by atoms with van der Waals surface area (Å²) in [7, 11) is 0. The van der Waals surface area contributed by atoms with Crippen LogP contribution in [0.1, 0.15) is 12.7 Å². The highest BCUT2D eigenvalue weighted by molar-refractivity contribution is 6.30. The maximum atomic E-state index is 13.0. The van der Waals surface area contributed by atoms with E-state index in [-0.39, 0.29) is 5.56 Å².